The van der Waals surface area contributed by atoms with Gasteiger partial charge in [0.1, 0.15) is 0 Å². The Kier molecular flexibility index (Phi) is 7.50. The van der Waals surface area contributed by atoms with Crippen molar-refractivity contribution in [3.63, 3.8) is 0 Å². The second kappa shape index (κ2) is 10.1. The number of aliphatic carboxylic acids is 1. The Bertz CT molecular complexity index is 1010. The lowest BCUT2D eigenvalue weighted by Crippen LogP contribution is -2.64. The van der Waals surface area contributed by atoms with Crippen LogP contribution in [-0.4, -0.2) is 53.1 Å². The fourth-order valence-corrected chi connectivity index (χ4v) is 4.20. The molecule has 0 radical (unpaired) electrons. The third kappa shape index (κ3) is 5.77. The Balaban J connectivity index is 1.86. The molecule has 1 amide bonds. The van der Waals surface area contributed by atoms with Gasteiger partial charge in [-0.25, -0.2) is 4.98 Å². The molecule has 9 heteroatoms. The summed E-state index contributed by atoms with van der Waals surface area (Å²) in [6.45, 7) is 4.03. The van der Waals surface area contributed by atoms with Crippen LogP contribution in [0.4, 0.5) is 14.5 Å². The Morgan fingerprint density at radius 1 is 1.18 bits per heavy atom. The molecule has 1 saturated heterocycles. The Labute approximate surface area is 191 Å². The van der Waals surface area contributed by atoms with Crippen molar-refractivity contribution in [3.05, 3.63) is 53.2 Å². The van der Waals surface area contributed by atoms with Gasteiger partial charge in [-0.2, -0.15) is 8.78 Å². The molecule has 178 valence electrons. The highest BCUT2D eigenvalue weighted by atomic mass is 19.3. The third-order valence-corrected chi connectivity index (χ3v) is 5.86. The van der Waals surface area contributed by atoms with E-state index in [4.69, 9.17) is 5.11 Å². The molecule has 2 N–H and O–H groups in total. The Morgan fingerprint density at radius 2 is 1.88 bits per heavy atom. The maximum absolute atomic E-state index is 12.9. The van der Waals surface area contributed by atoms with Gasteiger partial charge >= 0.3 is 12.6 Å². The minimum atomic E-state index is -3.00. The molecule has 2 heterocycles. The first-order valence-corrected chi connectivity index (χ1v) is 10.9. The second-order valence-corrected chi connectivity index (χ2v) is 8.70. The minimum absolute atomic E-state index is 0.0566. The van der Waals surface area contributed by atoms with Crippen molar-refractivity contribution in [2.75, 3.05) is 25.0 Å². The van der Waals surface area contributed by atoms with Gasteiger partial charge in [-0.05, 0) is 36.1 Å². The van der Waals surface area contributed by atoms with E-state index in [0.29, 0.717) is 31.0 Å². The maximum Gasteiger partial charge on any atom is 0.388 e. The number of rotatable bonds is 10. The number of ether oxygens (including phenoxy) is 1. The molecule has 1 aliphatic rings. The van der Waals surface area contributed by atoms with E-state index in [0.717, 1.165) is 11.1 Å². The molecular formula is C24H29F2N3O4. The van der Waals surface area contributed by atoms with Crippen LogP contribution in [0.1, 0.15) is 49.4 Å². The van der Waals surface area contributed by atoms with E-state index in [1.807, 2.05) is 18.2 Å². The quantitative estimate of drug-likeness (QED) is 0.552. The first kappa shape index (κ1) is 24.4. The van der Waals surface area contributed by atoms with Crippen LogP contribution in [-0.2, 0) is 15.0 Å². The molecule has 1 aromatic heterocycles. The lowest BCUT2D eigenvalue weighted by Gasteiger charge is -2.51. The van der Waals surface area contributed by atoms with E-state index in [9.17, 15) is 18.4 Å². The van der Waals surface area contributed by atoms with Gasteiger partial charge in [-0.3, -0.25) is 9.59 Å². The highest BCUT2D eigenvalue weighted by Gasteiger charge is 2.47. The van der Waals surface area contributed by atoms with Crippen LogP contribution in [0, 0.1) is 6.92 Å². The number of benzene rings is 1. The highest BCUT2D eigenvalue weighted by molar-refractivity contribution is 5.82. The van der Waals surface area contributed by atoms with Gasteiger partial charge < -0.3 is 20.1 Å². The number of halogens is 2. The standard InChI is InChI=1S/C24H29F2N3O4/c1-15(2)17-6-4-5-7-18(17)24(13-29(14-24)20(30)10-11-21(31)32)12-27-19-9-8-16(3)28-22(19)33-23(25)26/h4-9,15,23,27H,10-14H2,1-3H3,(H,31,32). The molecule has 1 aliphatic heterocycles. The number of anilines is 1. The van der Waals surface area contributed by atoms with E-state index in [2.05, 4.69) is 35.0 Å². The molecule has 0 bridgehead atoms. The molecule has 0 aliphatic carbocycles. The van der Waals surface area contributed by atoms with Crippen LogP contribution >= 0.6 is 0 Å². The highest BCUT2D eigenvalue weighted by Crippen LogP contribution is 2.40. The minimum Gasteiger partial charge on any atom is -0.481 e. The summed E-state index contributed by atoms with van der Waals surface area (Å²) in [6.07, 6.45) is -0.272. The van der Waals surface area contributed by atoms with Crippen LogP contribution in [0.5, 0.6) is 5.88 Å². The monoisotopic (exact) mass is 461 g/mol. The third-order valence-electron chi connectivity index (χ3n) is 5.86. The number of alkyl halides is 2. The number of likely N-dealkylation sites (tertiary alicyclic amines) is 1. The van der Waals surface area contributed by atoms with E-state index in [1.54, 1.807) is 24.0 Å². The molecule has 2 aromatic rings. The lowest BCUT2D eigenvalue weighted by atomic mass is 9.70. The van der Waals surface area contributed by atoms with Crippen molar-refractivity contribution in [2.24, 2.45) is 0 Å². The molecule has 1 aromatic carbocycles. The average Bonchev–Trinajstić information content (AvgIpc) is 2.72. The molecule has 0 saturated carbocycles. The van der Waals surface area contributed by atoms with Gasteiger partial charge in [0.2, 0.25) is 11.8 Å². The van der Waals surface area contributed by atoms with Gasteiger partial charge in [0.15, 0.2) is 0 Å². The predicted octanol–water partition coefficient (Wildman–Crippen LogP) is 4.17. The fraction of sp³-hybridized carbons (Fsp3) is 0.458. The number of nitrogens with zero attached hydrogens (tertiary/aromatic N) is 2. The number of carbonyl (C=O) groups excluding carboxylic acids is 1. The summed E-state index contributed by atoms with van der Waals surface area (Å²) in [5, 5.41) is 12.1. The number of pyridine rings is 1. The Hall–Kier alpha value is -3.23. The number of aromatic nitrogens is 1. The average molecular weight is 462 g/mol. The van der Waals surface area contributed by atoms with Crippen molar-refractivity contribution >= 4 is 17.6 Å². The molecule has 33 heavy (non-hydrogen) atoms. The number of nitrogens with one attached hydrogen (secondary N) is 1. The zero-order valence-electron chi connectivity index (χ0n) is 19.0. The smallest absolute Gasteiger partial charge is 0.388 e. The zero-order chi connectivity index (χ0) is 24.2. The molecule has 1 fully saturated rings. The van der Waals surface area contributed by atoms with E-state index >= 15 is 0 Å². The van der Waals surface area contributed by atoms with Crippen LogP contribution in [0.15, 0.2) is 36.4 Å². The molecule has 7 nitrogen and oxygen atoms in total. The zero-order valence-corrected chi connectivity index (χ0v) is 19.0. The number of carbonyl (C=O) groups is 2. The summed E-state index contributed by atoms with van der Waals surface area (Å²) in [7, 11) is 0. The first-order valence-electron chi connectivity index (χ1n) is 10.9. The molecule has 0 atom stereocenters. The number of hydrogen-bond acceptors (Lipinski definition) is 5. The van der Waals surface area contributed by atoms with Crippen molar-refractivity contribution in [1.29, 1.82) is 0 Å². The fourth-order valence-electron chi connectivity index (χ4n) is 4.20. The number of amides is 1. The van der Waals surface area contributed by atoms with Gasteiger partial charge in [0.25, 0.3) is 0 Å². The van der Waals surface area contributed by atoms with Gasteiger partial charge in [-0.15, -0.1) is 0 Å². The van der Waals surface area contributed by atoms with Gasteiger partial charge in [0, 0.05) is 37.2 Å². The van der Waals surface area contributed by atoms with E-state index < -0.39 is 18.0 Å². The number of carboxylic acids is 1. The second-order valence-electron chi connectivity index (χ2n) is 8.70. The van der Waals surface area contributed by atoms with Crippen molar-refractivity contribution < 1.29 is 28.2 Å². The first-order chi connectivity index (χ1) is 15.6. The predicted molar refractivity (Wildman–Crippen MR) is 120 cm³/mol. The summed E-state index contributed by atoms with van der Waals surface area (Å²) in [5.41, 5.74) is 2.65. The summed E-state index contributed by atoms with van der Waals surface area (Å²) in [5.74, 6) is -1.16. The normalized spacial score (nSPS) is 14.8. The van der Waals surface area contributed by atoms with E-state index in [-0.39, 0.29) is 30.5 Å². The van der Waals surface area contributed by atoms with Gasteiger partial charge in [0.05, 0.1) is 12.1 Å². The Morgan fingerprint density at radius 3 is 2.52 bits per heavy atom. The van der Waals surface area contributed by atoms with E-state index in [1.165, 1.54) is 0 Å². The summed E-state index contributed by atoms with van der Waals surface area (Å²) < 4.78 is 30.4. The van der Waals surface area contributed by atoms with Crippen LogP contribution < -0.4 is 10.1 Å². The van der Waals surface area contributed by atoms with Crippen LogP contribution in [0.2, 0.25) is 0 Å². The molecular weight excluding hydrogens is 432 g/mol. The summed E-state index contributed by atoms with van der Waals surface area (Å²) in [4.78, 5) is 29.0. The van der Waals surface area contributed by atoms with Crippen molar-refractivity contribution in [2.45, 2.75) is 51.6 Å². The molecule has 0 unspecified atom stereocenters. The summed E-state index contributed by atoms with van der Waals surface area (Å²) in [6, 6.07) is 11.3. The van der Waals surface area contributed by atoms with Crippen LogP contribution in [0.25, 0.3) is 0 Å². The number of aryl methyl sites for hydroxylation is 1. The number of carboxylic acid groups (broad SMARTS) is 1. The van der Waals surface area contributed by atoms with Crippen molar-refractivity contribution in [1.82, 2.24) is 9.88 Å². The van der Waals surface area contributed by atoms with Gasteiger partial charge in [-0.1, -0.05) is 38.1 Å². The van der Waals surface area contributed by atoms with Crippen molar-refractivity contribution in [3.8, 4) is 5.88 Å². The summed E-state index contributed by atoms with van der Waals surface area (Å²) >= 11 is 0. The van der Waals surface area contributed by atoms with Crippen LogP contribution in [0.3, 0.4) is 0 Å². The number of hydrogen-bond donors (Lipinski definition) is 2. The largest absolute Gasteiger partial charge is 0.481 e. The molecule has 0 spiro atoms. The molecule has 3 rings (SSSR count). The lowest BCUT2D eigenvalue weighted by molar-refractivity contribution is -0.144. The maximum atomic E-state index is 12.9. The SMILES string of the molecule is Cc1ccc(NCC2(c3ccccc3C(C)C)CN(C(=O)CCC(=O)O)C2)c(OC(F)F)n1. The topological polar surface area (TPSA) is 91.8 Å².